The summed E-state index contributed by atoms with van der Waals surface area (Å²) in [4.78, 5) is 0. The number of rotatable bonds is 3. The van der Waals surface area contributed by atoms with E-state index in [4.69, 9.17) is 0 Å². The van der Waals surface area contributed by atoms with E-state index >= 15 is 0 Å². The molecule has 2 rings (SSSR count). The van der Waals surface area contributed by atoms with Gasteiger partial charge in [-0.25, -0.2) is 0 Å². The van der Waals surface area contributed by atoms with Crippen molar-refractivity contribution in [1.82, 2.24) is 5.32 Å². The molecule has 2 heteroatoms. The molecule has 3 atom stereocenters. The third-order valence-electron chi connectivity index (χ3n) is 3.22. The summed E-state index contributed by atoms with van der Waals surface area (Å²) in [6.07, 6.45) is 1.26. The second kappa shape index (κ2) is 3.86. The maximum Gasteiger partial charge on any atom is 0.120 e. The van der Waals surface area contributed by atoms with E-state index < -0.39 is 0 Å². The summed E-state index contributed by atoms with van der Waals surface area (Å²) in [5.41, 5.74) is 2.20. The van der Waals surface area contributed by atoms with Gasteiger partial charge in [0.2, 0.25) is 0 Å². The third kappa shape index (κ3) is 2.32. The number of hydrogen-bond donors (Lipinski definition) is 2. The first kappa shape index (κ1) is 10.5. The first-order valence-electron chi connectivity index (χ1n) is 5.63. The molecule has 0 spiro atoms. The molecular formula is C13H19NO. The molecule has 1 aromatic rings. The standard InChI is InChI=1S/C13H19NO/c1-8-4-5-13(15)11(6-8)10(3)14-12-7-9(12)2/h4-6,9-10,12,14-15H,7H2,1-3H3. The summed E-state index contributed by atoms with van der Waals surface area (Å²) in [5, 5.41) is 13.3. The predicted octanol–water partition coefficient (Wildman–Crippen LogP) is 2.76. The minimum absolute atomic E-state index is 0.236. The Bertz CT molecular complexity index is 362. The van der Waals surface area contributed by atoms with E-state index in [-0.39, 0.29) is 6.04 Å². The molecule has 0 radical (unpaired) electrons. The molecule has 0 aromatic heterocycles. The zero-order chi connectivity index (χ0) is 11.0. The predicted molar refractivity (Wildman–Crippen MR) is 62.0 cm³/mol. The minimum atomic E-state index is 0.236. The lowest BCUT2D eigenvalue weighted by molar-refractivity contribution is 0.450. The van der Waals surface area contributed by atoms with E-state index in [0.29, 0.717) is 11.8 Å². The minimum Gasteiger partial charge on any atom is -0.508 e. The molecule has 1 aliphatic carbocycles. The highest BCUT2D eigenvalue weighted by Gasteiger charge is 2.33. The van der Waals surface area contributed by atoms with E-state index in [1.807, 2.05) is 6.07 Å². The van der Waals surface area contributed by atoms with Crippen molar-refractivity contribution < 1.29 is 5.11 Å². The Kier molecular flexibility index (Phi) is 2.70. The molecule has 0 amide bonds. The third-order valence-corrected chi connectivity index (χ3v) is 3.22. The van der Waals surface area contributed by atoms with Crippen molar-refractivity contribution in [1.29, 1.82) is 0 Å². The molecule has 82 valence electrons. The zero-order valence-electron chi connectivity index (χ0n) is 9.62. The van der Waals surface area contributed by atoms with Gasteiger partial charge < -0.3 is 10.4 Å². The fraction of sp³-hybridized carbons (Fsp3) is 0.538. The lowest BCUT2D eigenvalue weighted by Gasteiger charge is -2.16. The normalized spacial score (nSPS) is 26.3. The highest BCUT2D eigenvalue weighted by molar-refractivity contribution is 5.37. The van der Waals surface area contributed by atoms with Crippen molar-refractivity contribution in [2.24, 2.45) is 5.92 Å². The molecule has 0 heterocycles. The van der Waals surface area contributed by atoms with Crippen LogP contribution in [-0.4, -0.2) is 11.1 Å². The van der Waals surface area contributed by atoms with Crippen LogP contribution in [0.3, 0.4) is 0 Å². The summed E-state index contributed by atoms with van der Waals surface area (Å²) in [6.45, 7) is 6.41. The van der Waals surface area contributed by atoms with Gasteiger partial charge in [-0.1, -0.05) is 24.6 Å². The van der Waals surface area contributed by atoms with Gasteiger partial charge in [-0.3, -0.25) is 0 Å². The van der Waals surface area contributed by atoms with Crippen molar-refractivity contribution in [2.45, 2.75) is 39.3 Å². The number of aryl methyl sites for hydroxylation is 1. The van der Waals surface area contributed by atoms with E-state index in [2.05, 4.69) is 32.2 Å². The molecular weight excluding hydrogens is 186 g/mol. The van der Waals surface area contributed by atoms with Crippen molar-refractivity contribution in [2.75, 3.05) is 0 Å². The van der Waals surface area contributed by atoms with Gasteiger partial charge in [0.15, 0.2) is 0 Å². The zero-order valence-corrected chi connectivity index (χ0v) is 9.62. The van der Waals surface area contributed by atoms with Gasteiger partial charge in [-0.15, -0.1) is 0 Å². The lowest BCUT2D eigenvalue weighted by Crippen LogP contribution is -2.22. The largest absolute Gasteiger partial charge is 0.508 e. The van der Waals surface area contributed by atoms with Gasteiger partial charge in [0, 0.05) is 17.6 Å². The Morgan fingerprint density at radius 1 is 1.47 bits per heavy atom. The molecule has 1 aromatic carbocycles. The lowest BCUT2D eigenvalue weighted by atomic mass is 10.0. The van der Waals surface area contributed by atoms with Crippen LogP contribution >= 0.6 is 0 Å². The Balaban J connectivity index is 2.10. The summed E-state index contributed by atoms with van der Waals surface area (Å²) >= 11 is 0. The Morgan fingerprint density at radius 3 is 2.73 bits per heavy atom. The average molecular weight is 205 g/mol. The highest BCUT2D eigenvalue weighted by Crippen LogP contribution is 2.33. The van der Waals surface area contributed by atoms with Crippen LogP contribution in [0.4, 0.5) is 0 Å². The first-order valence-corrected chi connectivity index (χ1v) is 5.63. The van der Waals surface area contributed by atoms with Crippen LogP contribution in [0.5, 0.6) is 5.75 Å². The molecule has 1 saturated carbocycles. The fourth-order valence-electron chi connectivity index (χ4n) is 1.99. The smallest absolute Gasteiger partial charge is 0.120 e. The van der Waals surface area contributed by atoms with Gasteiger partial charge in [0.25, 0.3) is 0 Å². The van der Waals surface area contributed by atoms with Crippen LogP contribution in [0.2, 0.25) is 0 Å². The average Bonchev–Trinajstić information content (AvgIpc) is 2.86. The number of hydrogen-bond acceptors (Lipinski definition) is 2. The van der Waals surface area contributed by atoms with E-state index in [0.717, 1.165) is 11.5 Å². The van der Waals surface area contributed by atoms with Gasteiger partial charge in [-0.05, 0) is 32.3 Å². The van der Waals surface area contributed by atoms with Gasteiger partial charge in [0.1, 0.15) is 5.75 Å². The van der Waals surface area contributed by atoms with Crippen molar-refractivity contribution in [3.8, 4) is 5.75 Å². The molecule has 2 N–H and O–H groups in total. The van der Waals surface area contributed by atoms with Crippen LogP contribution in [0, 0.1) is 12.8 Å². The molecule has 1 fully saturated rings. The van der Waals surface area contributed by atoms with E-state index in [1.54, 1.807) is 6.07 Å². The fourth-order valence-corrected chi connectivity index (χ4v) is 1.99. The van der Waals surface area contributed by atoms with E-state index in [1.165, 1.54) is 12.0 Å². The molecule has 2 nitrogen and oxygen atoms in total. The maximum absolute atomic E-state index is 9.76. The molecule has 0 saturated heterocycles. The van der Waals surface area contributed by atoms with Crippen LogP contribution in [-0.2, 0) is 0 Å². The monoisotopic (exact) mass is 205 g/mol. The van der Waals surface area contributed by atoms with Crippen LogP contribution < -0.4 is 5.32 Å². The summed E-state index contributed by atoms with van der Waals surface area (Å²) in [5.74, 6) is 1.19. The number of phenolic OH excluding ortho intramolecular Hbond substituents is 1. The maximum atomic E-state index is 9.76. The van der Waals surface area contributed by atoms with Gasteiger partial charge in [-0.2, -0.15) is 0 Å². The summed E-state index contributed by atoms with van der Waals surface area (Å²) in [7, 11) is 0. The van der Waals surface area contributed by atoms with Crippen LogP contribution in [0.1, 0.15) is 37.4 Å². The van der Waals surface area contributed by atoms with Crippen molar-refractivity contribution in [3.05, 3.63) is 29.3 Å². The second-order valence-corrected chi connectivity index (χ2v) is 4.77. The molecule has 1 aliphatic rings. The number of phenols is 1. The summed E-state index contributed by atoms with van der Waals surface area (Å²) < 4.78 is 0. The number of nitrogens with one attached hydrogen (secondary N) is 1. The molecule has 15 heavy (non-hydrogen) atoms. The molecule has 3 unspecified atom stereocenters. The Morgan fingerprint density at radius 2 is 2.13 bits per heavy atom. The second-order valence-electron chi connectivity index (χ2n) is 4.77. The molecule has 0 bridgehead atoms. The Labute approximate surface area is 91.3 Å². The van der Waals surface area contributed by atoms with Crippen LogP contribution in [0.25, 0.3) is 0 Å². The van der Waals surface area contributed by atoms with Crippen molar-refractivity contribution in [3.63, 3.8) is 0 Å². The topological polar surface area (TPSA) is 32.3 Å². The molecule has 0 aliphatic heterocycles. The summed E-state index contributed by atoms with van der Waals surface area (Å²) in [6, 6.07) is 6.64. The SMILES string of the molecule is Cc1ccc(O)c(C(C)NC2CC2C)c1. The Hall–Kier alpha value is -1.02. The highest BCUT2D eigenvalue weighted by atomic mass is 16.3. The quantitative estimate of drug-likeness (QED) is 0.795. The van der Waals surface area contributed by atoms with Crippen molar-refractivity contribution >= 4 is 0 Å². The van der Waals surface area contributed by atoms with Gasteiger partial charge in [0.05, 0.1) is 0 Å². The first-order chi connectivity index (χ1) is 7.08. The number of aromatic hydroxyl groups is 1. The van der Waals surface area contributed by atoms with Crippen LogP contribution in [0.15, 0.2) is 18.2 Å². The van der Waals surface area contributed by atoms with Gasteiger partial charge >= 0.3 is 0 Å². The van der Waals surface area contributed by atoms with E-state index in [9.17, 15) is 5.11 Å². The number of benzene rings is 1.